The topological polar surface area (TPSA) is 98.8 Å². The van der Waals surface area contributed by atoms with E-state index in [4.69, 9.17) is 0 Å². The minimum atomic E-state index is -0.0798. The van der Waals surface area contributed by atoms with Crippen molar-refractivity contribution in [2.75, 3.05) is 18.4 Å². The van der Waals surface area contributed by atoms with Gasteiger partial charge < -0.3 is 10.6 Å². The van der Waals surface area contributed by atoms with E-state index in [9.17, 15) is 4.79 Å². The predicted octanol–water partition coefficient (Wildman–Crippen LogP) is 4.23. The van der Waals surface area contributed by atoms with Crippen LogP contribution in [-0.2, 0) is 6.54 Å². The summed E-state index contributed by atoms with van der Waals surface area (Å²) in [7, 11) is 0. The van der Waals surface area contributed by atoms with Crippen LogP contribution in [0.5, 0.6) is 0 Å². The quantitative estimate of drug-likeness (QED) is 0.375. The van der Waals surface area contributed by atoms with Crippen LogP contribution in [0.2, 0.25) is 0 Å². The van der Waals surface area contributed by atoms with Crippen molar-refractivity contribution in [2.24, 2.45) is 0 Å². The molecule has 0 unspecified atom stereocenters. The normalized spacial score (nSPS) is 14.9. The van der Waals surface area contributed by atoms with E-state index < -0.39 is 0 Å². The van der Waals surface area contributed by atoms with Crippen molar-refractivity contribution in [1.82, 2.24) is 30.4 Å². The van der Waals surface area contributed by atoms with Gasteiger partial charge in [0, 0.05) is 67.5 Å². The van der Waals surface area contributed by atoms with Crippen LogP contribution in [0.3, 0.4) is 0 Å². The van der Waals surface area contributed by atoms with Crippen LogP contribution in [0.15, 0.2) is 61.3 Å². The minimum absolute atomic E-state index is 0.0798. The molecule has 1 fully saturated rings. The third kappa shape index (κ3) is 5.33. The lowest BCUT2D eigenvalue weighted by Crippen LogP contribution is -2.44. The number of benzene rings is 1. The van der Waals surface area contributed by atoms with Crippen LogP contribution in [0.4, 0.5) is 5.69 Å². The van der Waals surface area contributed by atoms with E-state index in [1.807, 2.05) is 30.7 Å². The van der Waals surface area contributed by atoms with Gasteiger partial charge in [0.05, 0.1) is 23.0 Å². The number of nitrogens with one attached hydrogen (secondary N) is 3. The number of anilines is 1. The second kappa shape index (κ2) is 10.2. The van der Waals surface area contributed by atoms with Crippen LogP contribution in [0.1, 0.15) is 42.6 Å². The van der Waals surface area contributed by atoms with E-state index in [0.717, 1.165) is 60.2 Å². The van der Waals surface area contributed by atoms with Gasteiger partial charge in [0.1, 0.15) is 0 Å². The molecule has 180 valence electrons. The number of hydrogen-bond acceptors (Lipinski definition) is 6. The molecule has 3 aromatic heterocycles. The first-order valence-electron chi connectivity index (χ1n) is 12.2. The lowest BCUT2D eigenvalue weighted by atomic mass is 10.0. The third-order valence-corrected chi connectivity index (χ3v) is 6.46. The molecule has 3 N–H and O–H groups in total. The van der Waals surface area contributed by atoms with Crippen molar-refractivity contribution in [3.05, 3.63) is 72.4 Å². The van der Waals surface area contributed by atoms with Gasteiger partial charge in [-0.05, 0) is 62.1 Å². The summed E-state index contributed by atoms with van der Waals surface area (Å²) in [5.41, 5.74) is 5.54. The summed E-state index contributed by atoms with van der Waals surface area (Å²) in [5, 5.41) is 14.6. The Morgan fingerprint density at radius 3 is 2.63 bits per heavy atom. The van der Waals surface area contributed by atoms with Crippen molar-refractivity contribution in [3.8, 4) is 11.1 Å². The average Bonchev–Trinajstić information content (AvgIpc) is 3.41. The van der Waals surface area contributed by atoms with Gasteiger partial charge in [0.15, 0.2) is 0 Å². The molecule has 1 saturated heterocycles. The fourth-order valence-electron chi connectivity index (χ4n) is 4.64. The zero-order chi connectivity index (χ0) is 24.2. The maximum absolute atomic E-state index is 13.4. The molecule has 0 spiro atoms. The highest BCUT2D eigenvalue weighted by atomic mass is 16.1. The minimum Gasteiger partial charge on any atom is -0.382 e. The summed E-state index contributed by atoms with van der Waals surface area (Å²) in [6, 6.07) is 10.5. The highest BCUT2D eigenvalue weighted by molar-refractivity contribution is 6.08. The number of H-pyrrole nitrogens is 1. The first kappa shape index (κ1) is 23.0. The molecule has 1 aliphatic rings. The molecule has 1 amide bonds. The van der Waals surface area contributed by atoms with E-state index in [1.54, 1.807) is 12.4 Å². The maximum Gasteiger partial charge on any atom is 0.255 e. The SMILES string of the molecule is CC(C)Nc1c(C(=O)NC2CCN(Cc3ccncc3)CC2)cnc2ccc(-c3cn[nH]c3)cc12. The van der Waals surface area contributed by atoms with Crippen LogP contribution in [-0.4, -0.2) is 56.1 Å². The molecule has 1 aromatic carbocycles. The largest absolute Gasteiger partial charge is 0.382 e. The molecule has 5 rings (SSSR count). The van der Waals surface area contributed by atoms with Crippen LogP contribution in [0, 0.1) is 0 Å². The number of likely N-dealkylation sites (tertiary alicyclic amines) is 1. The van der Waals surface area contributed by atoms with E-state index in [1.165, 1.54) is 5.56 Å². The second-order valence-corrected chi connectivity index (χ2v) is 9.44. The fourth-order valence-corrected chi connectivity index (χ4v) is 4.64. The molecular weight excluding hydrogens is 438 g/mol. The number of aromatic nitrogens is 4. The Bertz CT molecular complexity index is 1280. The summed E-state index contributed by atoms with van der Waals surface area (Å²) >= 11 is 0. The van der Waals surface area contributed by atoms with Gasteiger partial charge in [-0.15, -0.1) is 0 Å². The van der Waals surface area contributed by atoms with Crippen LogP contribution >= 0.6 is 0 Å². The lowest BCUT2D eigenvalue weighted by Gasteiger charge is -2.32. The molecule has 0 bridgehead atoms. The predicted molar refractivity (Wildman–Crippen MR) is 138 cm³/mol. The number of piperidine rings is 1. The van der Waals surface area contributed by atoms with Crippen molar-refractivity contribution >= 4 is 22.5 Å². The van der Waals surface area contributed by atoms with Gasteiger partial charge >= 0.3 is 0 Å². The summed E-state index contributed by atoms with van der Waals surface area (Å²) in [5.74, 6) is -0.0798. The number of aromatic amines is 1. The first-order valence-corrected chi connectivity index (χ1v) is 12.2. The number of amides is 1. The molecule has 4 heterocycles. The Morgan fingerprint density at radius 2 is 1.91 bits per heavy atom. The van der Waals surface area contributed by atoms with Gasteiger partial charge in [0.25, 0.3) is 5.91 Å². The van der Waals surface area contributed by atoms with Crippen LogP contribution < -0.4 is 10.6 Å². The summed E-state index contributed by atoms with van der Waals surface area (Å²) in [6.07, 6.45) is 10.9. The number of hydrogen-bond donors (Lipinski definition) is 3. The van der Waals surface area contributed by atoms with Crippen molar-refractivity contribution in [1.29, 1.82) is 0 Å². The number of pyridine rings is 2. The molecule has 1 aliphatic heterocycles. The zero-order valence-corrected chi connectivity index (χ0v) is 20.2. The molecule has 0 atom stereocenters. The van der Waals surface area contributed by atoms with Crippen molar-refractivity contribution in [2.45, 2.75) is 45.3 Å². The molecule has 0 radical (unpaired) electrons. The Kier molecular flexibility index (Phi) is 6.72. The Hall–Kier alpha value is -3.78. The standard InChI is InChI=1S/C27H31N7O/c1-18(2)32-26-23-13-20(21-14-30-31-15-21)3-4-25(23)29-16-24(26)27(35)33-22-7-11-34(12-8-22)17-19-5-9-28-10-6-19/h3-6,9-10,13-16,18,22H,7-8,11-12,17H2,1-2H3,(H,29,32)(H,30,31)(H,33,35). The number of rotatable bonds is 7. The smallest absolute Gasteiger partial charge is 0.255 e. The van der Waals surface area contributed by atoms with E-state index in [-0.39, 0.29) is 18.0 Å². The molecule has 8 nitrogen and oxygen atoms in total. The second-order valence-electron chi connectivity index (χ2n) is 9.44. The average molecular weight is 470 g/mol. The highest BCUT2D eigenvalue weighted by Gasteiger charge is 2.23. The Morgan fingerprint density at radius 1 is 1.11 bits per heavy atom. The number of fused-ring (bicyclic) bond motifs is 1. The Labute approximate surface area is 205 Å². The van der Waals surface area contributed by atoms with Crippen molar-refractivity contribution < 1.29 is 4.79 Å². The van der Waals surface area contributed by atoms with Crippen LogP contribution in [0.25, 0.3) is 22.0 Å². The monoisotopic (exact) mass is 469 g/mol. The van der Waals surface area contributed by atoms with E-state index in [2.05, 4.69) is 67.7 Å². The lowest BCUT2D eigenvalue weighted by molar-refractivity contribution is 0.0909. The highest BCUT2D eigenvalue weighted by Crippen LogP contribution is 2.31. The Balaban J connectivity index is 1.33. The first-order chi connectivity index (χ1) is 17.1. The van der Waals surface area contributed by atoms with Gasteiger partial charge in [-0.1, -0.05) is 6.07 Å². The third-order valence-electron chi connectivity index (χ3n) is 6.46. The summed E-state index contributed by atoms with van der Waals surface area (Å²) in [6.45, 7) is 6.97. The maximum atomic E-state index is 13.4. The van der Waals surface area contributed by atoms with Gasteiger partial charge in [-0.25, -0.2) is 0 Å². The molecule has 35 heavy (non-hydrogen) atoms. The summed E-state index contributed by atoms with van der Waals surface area (Å²) < 4.78 is 0. The van der Waals surface area contributed by atoms with E-state index >= 15 is 0 Å². The zero-order valence-electron chi connectivity index (χ0n) is 20.2. The molecule has 0 aliphatic carbocycles. The number of carbonyl (C=O) groups is 1. The van der Waals surface area contributed by atoms with Crippen molar-refractivity contribution in [3.63, 3.8) is 0 Å². The molecule has 4 aromatic rings. The summed E-state index contributed by atoms with van der Waals surface area (Å²) in [4.78, 5) is 24.5. The van der Waals surface area contributed by atoms with Gasteiger partial charge in [0.2, 0.25) is 0 Å². The number of nitrogens with zero attached hydrogens (tertiary/aromatic N) is 4. The fraction of sp³-hybridized carbons (Fsp3) is 0.333. The number of carbonyl (C=O) groups excluding carboxylic acids is 1. The van der Waals surface area contributed by atoms with Gasteiger partial charge in [-0.2, -0.15) is 5.10 Å². The van der Waals surface area contributed by atoms with Gasteiger partial charge in [-0.3, -0.25) is 24.8 Å². The molecular formula is C27H31N7O. The molecule has 8 heteroatoms. The molecule has 0 saturated carbocycles. The van der Waals surface area contributed by atoms with E-state index in [0.29, 0.717) is 5.56 Å².